The van der Waals surface area contributed by atoms with Crippen molar-refractivity contribution in [2.45, 2.75) is 86.7 Å². The lowest BCUT2D eigenvalue weighted by Gasteiger charge is -2.55. The zero-order valence-electron chi connectivity index (χ0n) is 18.9. The Balaban J connectivity index is 2.10. The number of rotatable bonds is 3. The summed E-state index contributed by atoms with van der Waals surface area (Å²) in [6.07, 6.45) is -6.55. The van der Waals surface area contributed by atoms with Crippen molar-refractivity contribution >= 4 is 35.8 Å². The number of aliphatic hydroxyl groups is 4. The Hall–Kier alpha value is -3.34. The molecule has 0 saturated carbocycles. The van der Waals surface area contributed by atoms with Crippen LogP contribution in [-0.2, 0) is 57.2 Å². The van der Waals surface area contributed by atoms with Crippen LogP contribution in [0.2, 0.25) is 0 Å². The normalized spacial score (nSPS) is 44.8. The fraction of sp³-hybridized carbons (Fsp3) is 0.700. The van der Waals surface area contributed by atoms with Crippen molar-refractivity contribution in [2.75, 3.05) is 0 Å². The first kappa shape index (κ1) is 25.7. The van der Waals surface area contributed by atoms with Gasteiger partial charge in [0.2, 0.25) is 0 Å². The molecule has 0 amide bonds. The molecule has 4 aliphatic heterocycles. The third kappa shape index (κ3) is 3.21. The van der Waals surface area contributed by atoms with Gasteiger partial charge in [0, 0.05) is 12.8 Å². The lowest BCUT2D eigenvalue weighted by molar-refractivity contribution is -0.487. The smallest absolute Gasteiger partial charge is 0.424 e. The zero-order chi connectivity index (χ0) is 26.9. The van der Waals surface area contributed by atoms with Crippen LogP contribution in [0, 0.1) is 0 Å². The Labute approximate surface area is 200 Å². The lowest BCUT2D eigenvalue weighted by Crippen LogP contribution is -2.81. The fourth-order valence-corrected chi connectivity index (χ4v) is 4.74. The topological polar surface area (TPSA) is 239 Å². The molecular weight excluding hydrogens is 496 g/mol. The summed E-state index contributed by atoms with van der Waals surface area (Å²) >= 11 is 0. The van der Waals surface area contributed by atoms with Crippen molar-refractivity contribution in [1.29, 1.82) is 0 Å². The summed E-state index contributed by atoms with van der Waals surface area (Å²) in [5.41, 5.74) is -9.11. The van der Waals surface area contributed by atoms with Crippen LogP contribution in [0.5, 0.6) is 0 Å². The number of hydrogen-bond donors (Lipinski definition) is 4. The summed E-state index contributed by atoms with van der Waals surface area (Å²) in [4.78, 5) is 76.6. The molecule has 6 unspecified atom stereocenters. The van der Waals surface area contributed by atoms with E-state index < -0.39 is 109 Å². The van der Waals surface area contributed by atoms with E-state index in [-0.39, 0.29) is 0 Å². The number of carbonyl (C=O) groups excluding carboxylic acids is 6. The van der Waals surface area contributed by atoms with E-state index in [1.54, 1.807) is 0 Å². The summed E-state index contributed by atoms with van der Waals surface area (Å²) in [5.74, 6) is -20.3. The van der Waals surface area contributed by atoms with E-state index in [2.05, 4.69) is 0 Å². The monoisotopic (exact) mass is 518 g/mol. The number of cyclic esters (lactones) is 2. The molecule has 4 fully saturated rings. The molecule has 0 spiro atoms. The van der Waals surface area contributed by atoms with Crippen molar-refractivity contribution in [2.24, 2.45) is 0 Å². The summed E-state index contributed by atoms with van der Waals surface area (Å²) in [6, 6.07) is 0. The molecule has 16 heteroatoms. The maximum absolute atomic E-state index is 13.1. The van der Waals surface area contributed by atoms with Crippen LogP contribution >= 0.6 is 0 Å². The molecule has 16 nitrogen and oxygen atoms in total. The molecule has 36 heavy (non-hydrogen) atoms. The van der Waals surface area contributed by atoms with Gasteiger partial charge in [-0.15, -0.1) is 0 Å². The van der Waals surface area contributed by atoms with Gasteiger partial charge < -0.3 is 48.8 Å². The van der Waals surface area contributed by atoms with E-state index in [1.165, 1.54) is 0 Å². The van der Waals surface area contributed by atoms with Gasteiger partial charge in [0.1, 0.15) is 0 Å². The van der Waals surface area contributed by atoms with Gasteiger partial charge in [-0.25, -0.2) is 9.59 Å². The predicted molar refractivity (Wildman–Crippen MR) is 101 cm³/mol. The molecule has 4 saturated heterocycles. The molecule has 4 rings (SSSR count). The highest BCUT2D eigenvalue weighted by Gasteiger charge is 2.86. The van der Waals surface area contributed by atoms with E-state index in [0.717, 1.165) is 13.8 Å². The zero-order valence-corrected chi connectivity index (χ0v) is 18.9. The highest BCUT2D eigenvalue weighted by molar-refractivity contribution is 5.94. The SMILES string of the molecule is CCC1(O)OC(=O)CC2(O)CC(=O)OC1(C1(CC)OC(=O)CC3(O)CC(=O)OC1(O)OC3=O)OC2=O. The van der Waals surface area contributed by atoms with E-state index in [1.807, 2.05) is 0 Å². The van der Waals surface area contributed by atoms with Crippen molar-refractivity contribution in [3.63, 3.8) is 0 Å². The summed E-state index contributed by atoms with van der Waals surface area (Å²) in [5, 5.41) is 44.2. The number of ether oxygens (including phenoxy) is 6. The van der Waals surface area contributed by atoms with Gasteiger partial charge >= 0.3 is 47.6 Å². The Morgan fingerprint density at radius 1 is 0.583 bits per heavy atom. The minimum Gasteiger partial charge on any atom is -0.439 e. The van der Waals surface area contributed by atoms with Gasteiger partial charge in [0.15, 0.2) is 11.2 Å². The van der Waals surface area contributed by atoms with Gasteiger partial charge in [0.05, 0.1) is 25.7 Å². The molecule has 4 N–H and O–H groups in total. The molecule has 0 aromatic heterocycles. The van der Waals surface area contributed by atoms with Crippen molar-refractivity contribution in [1.82, 2.24) is 0 Å². The molecule has 0 aliphatic carbocycles. The van der Waals surface area contributed by atoms with Crippen molar-refractivity contribution < 1.29 is 77.6 Å². The number of fused-ring (bicyclic) bond motifs is 6. The van der Waals surface area contributed by atoms with Gasteiger partial charge in [-0.3, -0.25) is 19.2 Å². The van der Waals surface area contributed by atoms with Gasteiger partial charge in [-0.1, -0.05) is 13.8 Å². The number of hydrogen-bond acceptors (Lipinski definition) is 16. The second kappa shape index (κ2) is 7.58. The third-order valence-corrected chi connectivity index (χ3v) is 6.59. The van der Waals surface area contributed by atoms with Gasteiger partial charge in [-0.05, 0) is 0 Å². The van der Waals surface area contributed by atoms with Crippen LogP contribution in [0.1, 0.15) is 52.4 Å². The fourth-order valence-electron chi connectivity index (χ4n) is 4.74. The highest BCUT2D eigenvalue weighted by atomic mass is 16.9. The quantitative estimate of drug-likeness (QED) is 0.214. The summed E-state index contributed by atoms with van der Waals surface area (Å²) in [7, 11) is 0. The van der Waals surface area contributed by atoms with E-state index in [0.29, 0.717) is 0 Å². The first-order valence-electron chi connectivity index (χ1n) is 10.8. The molecule has 0 aromatic rings. The van der Waals surface area contributed by atoms with Gasteiger partial charge in [-0.2, -0.15) is 0 Å². The minimum absolute atomic E-state index is 0.793. The average Bonchev–Trinajstić information content (AvgIpc) is 2.86. The molecular formula is C20H22O16. The van der Waals surface area contributed by atoms with Gasteiger partial charge in [0.25, 0.3) is 11.4 Å². The molecule has 198 valence electrons. The summed E-state index contributed by atoms with van der Waals surface area (Å²) in [6.45, 7) is 2.22. The Morgan fingerprint density at radius 2 is 1.03 bits per heavy atom. The number of carbonyl (C=O) groups is 6. The van der Waals surface area contributed by atoms with Crippen LogP contribution in [0.15, 0.2) is 0 Å². The van der Waals surface area contributed by atoms with E-state index in [9.17, 15) is 49.2 Å². The Kier molecular flexibility index (Phi) is 5.42. The molecule has 0 radical (unpaired) electrons. The largest absolute Gasteiger partial charge is 0.439 e. The molecule has 4 heterocycles. The Morgan fingerprint density at radius 3 is 1.53 bits per heavy atom. The van der Waals surface area contributed by atoms with Crippen LogP contribution in [0.25, 0.3) is 0 Å². The minimum atomic E-state index is -3.85. The maximum atomic E-state index is 13.1. The highest BCUT2D eigenvalue weighted by Crippen LogP contribution is 2.55. The average molecular weight is 518 g/mol. The first-order valence-corrected chi connectivity index (χ1v) is 10.8. The standard InChI is InChI=1S/C20H22O16/c1-3-17(20(30)34-12(24)8-16(28,14(26)36-20)5-9(21)31-17)19-18(29,4-2)32-10(22)6-15(27,13(25)35-19)7-11(23)33-19/h27-30H,3-8H2,1-2H3. The maximum Gasteiger partial charge on any atom is 0.424 e. The van der Waals surface area contributed by atoms with E-state index >= 15 is 0 Å². The summed E-state index contributed by atoms with van der Waals surface area (Å²) < 4.78 is 30.4. The van der Waals surface area contributed by atoms with Crippen LogP contribution in [-0.4, -0.2) is 90.6 Å². The Bertz CT molecular complexity index is 1090. The van der Waals surface area contributed by atoms with Crippen LogP contribution in [0.3, 0.4) is 0 Å². The number of esters is 6. The third-order valence-electron chi connectivity index (χ3n) is 6.59. The van der Waals surface area contributed by atoms with Crippen LogP contribution < -0.4 is 0 Å². The van der Waals surface area contributed by atoms with Crippen molar-refractivity contribution in [3.8, 4) is 0 Å². The second-order valence-electron chi connectivity index (χ2n) is 8.96. The van der Waals surface area contributed by atoms with E-state index in [4.69, 9.17) is 28.4 Å². The van der Waals surface area contributed by atoms with Crippen LogP contribution in [0.4, 0.5) is 0 Å². The molecule has 4 bridgehead atoms. The lowest BCUT2D eigenvalue weighted by atomic mass is 9.78. The molecule has 4 aliphatic rings. The predicted octanol–water partition coefficient (Wildman–Crippen LogP) is -3.09. The second-order valence-corrected chi connectivity index (χ2v) is 8.96. The van der Waals surface area contributed by atoms with Crippen molar-refractivity contribution in [3.05, 3.63) is 0 Å². The molecule has 0 aromatic carbocycles. The molecule has 6 atom stereocenters. The first-order chi connectivity index (χ1) is 16.5.